The van der Waals surface area contributed by atoms with E-state index in [4.69, 9.17) is 28.9 Å². The quantitative estimate of drug-likeness (QED) is 0.842. The van der Waals surface area contributed by atoms with Gasteiger partial charge in [-0.3, -0.25) is 0 Å². The lowest BCUT2D eigenvalue weighted by Gasteiger charge is -2.10. The first-order valence-corrected chi connectivity index (χ1v) is 8.33. The minimum Gasteiger partial charge on any atom is -0.398 e. The number of thiophene rings is 1. The molecule has 0 saturated heterocycles. The first-order chi connectivity index (χ1) is 8.90. The zero-order chi connectivity index (χ0) is 14.0. The third kappa shape index (κ3) is 3.40. The van der Waals surface area contributed by atoms with E-state index in [9.17, 15) is 8.42 Å². The highest BCUT2D eigenvalue weighted by atomic mass is 35.5. The highest BCUT2D eigenvalue weighted by molar-refractivity contribution is 7.89. The Labute approximate surface area is 125 Å². The number of sulfonamides is 1. The molecule has 0 unspecified atom stereocenters. The second kappa shape index (κ2) is 5.68. The number of nitrogens with one attached hydrogen (secondary N) is 1. The van der Waals surface area contributed by atoms with Crippen molar-refractivity contribution in [3.63, 3.8) is 0 Å². The Balaban J connectivity index is 2.29. The number of hydrogen-bond acceptors (Lipinski definition) is 4. The zero-order valence-electron chi connectivity index (χ0n) is 9.56. The summed E-state index contributed by atoms with van der Waals surface area (Å²) in [5.41, 5.74) is 6.57. The predicted molar refractivity (Wildman–Crippen MR) is 79.2 cm³/mol. The molecule has 0 spiro atoms. The molecule has 19 heavy (non-hydrogen) atoms. The number of anilines is 1. The van der Waals surface area contributed by atoms with E-state index in [2.05, 4.69) is 4.72 Å². The molecule has 2 rings (SSSR count). The van der Waals surface area contributed by atoms with Gasteiger partial charge in [-0.15, -0.1) is 0 Å². The maximum absolute atomic E-state index is 12.2. The zero-order valence-corrected chi connectivity index (χ0v) is 12.7. The largest absolute Gasteiger partial charge is 0.398 e. The molecule has 1 heterocycles. The summed E-state index contributed by atoms with van der Waals surface area (Å²) >= 11 is 13.1. The fraction of sp³-hybridized carbons (Fsp3) is 0.0909. The molecule has 1 aromatic carbocycles. The number of hydrogen-bond donors (Lipinski definition) is 2. The van der Waals surface area contributed by atoms with Crippen molar-refractivity contribution in [2.75, 3.05) is 5.73 Å². The van der Waals surface area contributed by atoms with Crippen LogP contribution >= 0.6 is 34.5 Å². The van der Waals surface area contributed by atoms with Crippen molar-refractivity contribution in [1.82, 2.24) is 4.72 Å². The van der Waals surface area contributed by atoms with Crippen molar-refractivity contribution in [2.24, 2.45) is 0 Å². The monoisotopic (exact) mass is 336 g/mol. The van der Waals surface area contributed by atoms with Crippen LogP contribution in [0.1, 0.15) is 5.56 Å². The van der Waals surface area contributed by atoms with Gasteiger partial charge >= 0.3 is 0 Å². The van der Waals surface area contributed by atoms with Crippen molar-refractivity contribution < 1.29 is 8.42 Å². The third-order valence-corrected chi connectivity index (χ3v) is 5.23. The summed E-state index contributed by atoms with van der Waals surface area (Å²) in [4.78, 5) is -0.145. The topological polar surface area (TPSA) is 72.2 Å². The van der Waals surface area contributed by atoms with Gasteiger partial charge in [-0.2, -0.15) is 11.3 Å². The first-order valence-electron chi connectivity index (χ1n) is 5.15. The van der Waals surface area contributed by atoms with Crippen molar-refractivity contribution in [2.45, 2.75) is 11.4 Å². The molecule has 0 fully saturated rings. The number of nitrogen functional groups attached to an aromatic ring is 1. The fourth-order valence-electron chi connectivity index (χ4n) is 1.51. The Bertz CT molecular complexity index is 662. The van der Waals surface area contributed by atoms with Gasteiger partial charge in [0.1, 0.15) is 4.90 Å². The normalized spacial score (nSPS) is 11.7. The molecular formula is C11H10Cl2N2O2S2. The molecule has 1 aromatic heterocycles. The predicted octanol–water partition coefficient (Wildman–Crippen LogP) is 3.12. The standard InChI is InChI=1S/C11H10Cl2N2O2S2/c12-8-3-9(13)11(10(14)4-8)19(16,17)15-5-7-1-2-18-6-7/h1-4,6,15H,5,14H2. The Morgan fingerprint density at radius 3 is 2.63 bits per heavy atom. The van der Waals surface area contributed by atoms with E-state index in [-0.39, 0.29) is 22.2 Å². The van der Waals surface area contributed by atoms with Crippen LogP contribution in [0.2, 0.25) is 10.0 Å². The highest BCUT2D eigenvalue weighted by Crippen LogP contribution is 2.31. The van der Waals surface area contributed by atoms with Gasteiger partial charge in [-0.25, -0.2) is 13.1 Å². The van der Waals surface area contributed by atoms with Gasteiger partial charge in [-0.1, -0.05) is 23.2 Å². The van der Waals surface area contributed by atoms with Crippen LogP contribution in [0.5, 0.6) is 0 Å². The lowest BCUT2D eigenvalue weighted by molar-refractivity contribution is 0.582. The van der Waals surface area contributed by atoms with Crippen LogP contribution in [0.15, 0.2) is 33.9 Å². The van der Waals surface area contributed by atoms with Crippen LogP contribution in [-0.4, -0.2) is 8.42 Å². The minimum atomic E-state index is -3.78. The van der Waals surface area contributed by atoms with Crippen LogP contribution < -0.4 is 10.5 Å². The van der Waals surface area contributed by atoms with Gasteiger partial charge < -0.3 is 5.73 Å². The summed E-state index contributed by atoms with van der Waals surface area (Å²) in [5.74, 6) is 0. The van der Waals surface area contributed by atoms with Gasteiger partial charge in [0.15, 0.2) is 0 Å². The lowest BCUT2D eigenvalue weighted by atomic mass is 10.3. The summed E-state index contributed by atoms with van der Waals surface area (Å²) in [6.07, 6.45) is 0. The van der Waals surface area contributed by atoms with Crippen LogP contribution in [-0.2, 0) is 16.6 Å². The first kappa shape index (κ1) is 14.6. The van der Waals surface area contributed by atoms with Crippen molar-refractivity contribution >= 4 is 50.2 Å². The van der Waals surface area contributed by atoms with Crippen LogP contribution in [0.4, 0.5) is 5.69 Å². The SMILES string of the molecule is Nc1cc(Cl)cc(Cl)c1S(=O)(=O)NCc1ccsc1. The lowest BCUT2D eigenvalue weighted by Crippen LogP contribution is -2.24. The fourth-order valence-corrected chi connectivity index (χ4v) is 4.18. The molecule has 102 valence electrons. The van der Waals surface area contributed by atoms with Crippen LogP contribution in [0, 0.1) is 0 Å². The molecule has 3 N–H and O–H groups in total. The molecule has 0 atom stereocenters. The van der Waals surface area contributed by atoms with Gasteiger partial charge in [0.25, 0.3) is 0 Å². The number of rotatable bonds is 4. The van der Waals surface area contributed by atoms with Gasteiger partial charge in [0.2, 0.25) is 10.0 Å². The molecule has 0 aliphatic carbocycles. The summed E-state index contributed by atoms with van der Waals surface area (Å²) in [6, 6.07) is 4.53. The smallest absolute Gasteiger partial charge is 0.244 e. The molecule has 0 aliphatic heterocycles. The molecule has 0 amide bonds. The maximum atomic E-state index is 12.2. The molecular weight excluding hydrogens is 327 g/mol. The Morgan fingerprint density at radius 2 is 2.05 bits per heavy atom. The maximum Gasteiger partial charge on any atom is 0.244 e. The van der Waals surface area contributed by atoms with Crippen molar-refractivity contribution in [3.8, 4) is 0 Å². The minimum absolute atomic E-state index is 0.00261. The van der Waals surface area contributed by atoms with Gasteiger partial charge in [0.05, 0.1) is 10.7 Å². The Morgan fingerprint density at radius 1 is 1.32 bits per heavy atom. The van der Waals surface area contributed by atoms with E-state index >= 15 is 0 Å². The van der Waals surface area contributed by atoms with Gasteiger partial charge in [-0.05, 0) is 34.5 Å². The van der Waals surface area contributed by atoms with E-state index in [0.29, 0.717) is 5.02 Å². The second-order valence-electron chi connectivity index (χ2n) is 3.76. The van der Waals surface area contributed by atoms with E-state index in [1.807, 2.05) is 16.8 Å². The second-order valence-corrected chi connectivity index (χ2v) is 7.09. The molecule has 0 bridgehead atoms. The van der Waals surface area contributed by atoms with E-state index in [1.165, 1.54) is 23.5 Å². The summed E-state index contributed by atoms with van der Waals surface area (Å²) in [5, 5.41) is 4.02. The van der Waals surface area contributed by atoms with E-state index in [1.54, 1.807) is 0 Å². The summed E-state index contributed by atoms with van der Waals surface area (Å²) in [6.45, 7) is 0.185. The van der Waals surface area contributed by atoms with Crippen LogP contribution in [0.3, 0.4) is 0 Å². The number of halogens is 2. The van der Waals surface area contributed by atoms with E-state index < -0.39 is 10.0 Å². The Kier molecular flexibility index (Phi) is 4.37. The molecule has 0 saturated carbocycles. The van der Waals surface area contributed by atoms with Gasteiger partial charge in [0, 0.05) is 11.6 Å². The molecule has 0 radical (unpaired) electrons. The number of benzene rings is 1. The van der Waals surface area contributed by atoms with Crippen LogP contribution in [0.25, 0.3) is 0 Å². The molecule has 4 nitrogen and oxygen atoms in total. The number of nitrogens with two attached hydrogens (primary N) is 1. The summed E-state index contributed by atoms with van der Waals surface area (Å²) < 4.78 is 26.8. The van der Waals surface area contributed by atoms with Crippen molar-refractivity contribution in [3.05, 3.63) is 44.6 Å². The average molecular weight is 337 g/mol. The summed E-state index contributed by atoms with van der Waals surface area (Å²) in [7, 11) is -3.78. The van der Waals surface area contributed by atoms with Crippen molar-refractivity contribution in [1.29, 1.82) is 0 Å². The highest BCUT2D eigenvalue weighted by Gasteiger charge is 2.21. The van der Waals surface area contributed by atoms with E-state index in [0.717, 1.165) is 5.56 Å². The molecule has 8 heteroatoms. The third-order valence-electron chi connectivity index (χ3n) is 2.35. The average Bonchev–Trinajstić information content (AvgIpc) is 2.77. The molecule has 2 aromatic rings. The molecule has 0 aliphatic rings. The Hall–Kier alpha value is -0.790.